The van der Waals surface area contributed by atoms with E-state index < -0.39 is 10.2 Å². The summed E-state index contributed by atoms with van der Waals surface area (Å²) in [4.78, 5) is 1.07. The SMILES string of the molecule is CCCC(NS(=O)(=O)N1CCCCC1CN)c1cccs1. The second-order valence-electron chi connectivity index (χ2n) is 5.48. The van der Waals surface area contributed by atoms with Crippen molar-refractivity contribution in [3.05, 3.63) is 22.4 Å². The number of hydrogen-bond donors (Lipinski definition) is 2. The first-order chi connectivity index (χ1) is 10.1. The first kappa shape index (κ1) is 16.9. The van der Waals surface area contributed by atoms with Gasteiger partial charge < -0.3 is 5.73 Å². The lowest BCUT2D eigenvalue weighted by molar-refractivity contribution is 0.252. The van der Waals surface area contributed by atoms with Crippen molar-refractivity contribution in [2.45, 2.75) is 51.1 Å². The Bertz CT molecular complexity index is 516. The second-order valence-corrected chi connectivity index (χ2v) is 8.11. The quantitative estimate of drug-likeness (QED) is 0.804. The molecule has 5 nitrogen and oxygen atoms in total. The molecule has 1 aliphatic rings. The highest BCUT2D eigenvalue weighted by molar-refractivity contribution is 7.87. The van der Waals surface area contributed by atoms with Gasteiger partial charge in [-0.2, -0.15) is 17.4 Å². The number of nitrogens with zero attached hydrogens (tertiary/aromatic N) is 1. The number of nitrogens with two attached hydrogens (primary N) is 1. The Balaban J connectivity index is 2.14. The molecule has 2 atom stereocenters. The standard InChI is InChI=1S/C14H25N3O2S2/c1-2-6-13(14-8-5-10-20-14)16-21(18,19)17-9-4-3-7-12(17)11-15/h5,8,10,12-13,16H,2-4,6-7,9,11,15H2,1H3. The van der Waals surface area contributed by atoms with Gasteiger partial charge in [0.25, 0.3) is 10.2 Å². The Morgan fingerprint density at radius 3 is 2.95 bits per heavy atom. The lowest BCUT2D eigenvalue weighted by atomic mass is 10.1. The molecule has 1 saturated heterocycles. The van der Waals surface area contributed by atoms with Crippen molar-refractivity contribution in [3.8, 4) is 0 Å². The fourth-order valence-electron chi connectivity index (χ4n) is 2.81. The number of piperidine rings is 1. The Labute approximate surface area is 131 Å². The summed E-state index contributed by atoms with van der Waals surface area (Å²) in [6.45, 7) is 3.03. The van der Waals surface area contributed by atoms with Gasteiger partial charge >= 0.3 is 0 Å². The molecule has 1 aliphatic heterocycles. The summed E-state index contributed by atoms with van der Waals surface area (Å²) in [7, 11) is -3.48. The molecule has 0 aliphatic carbocycles. The first-order valence-corrected chi connectivity index (χ1v) is 9.93. The van der Waals surface area contributed by atoms with E-state index in [-0.39, 0.29) is 12.1 Å². The topological polar surface area (TPSA) is 75.4 Å². The highest BCUT2D eigenvalue weighted by Crippen LogP contribution is 2.26. The normalized spacial score (nSPS) is 22.3. The maximum Gasteiger partial charge on any atom is 0.280 e. The minimum absolute atomic E-state index is 0.0677. The first-order valence-electron chi connectivity index (χ1n) is 7.61. The molecule has 2 rings (SSSR count). The van der Waals surface area contributed by atoms with E-state index in [4.69, 9.17) is 5.73 Å². The largest absolute Gasteiger partial charge is 0.329 e. The van der Waals surface area contributed by atoms with E-state index >= 15 is 0 Å². The minimum atomic E-state index is -3.48. The molecular formula is C14H25N3O2S2. The number of thiophene rings is 1. The molecule has 0 aromatic carbocycles. The van der Waals surface area contributed by atoms with Crippen molar-refractivity contribution in [3.63, 3.8) is 0 Å². The van der Waals surface area contributed by atoms with Crippen LogP contribution in [0.2, 0.25) is 0 Å². The van der Waals surface area contributed by atoms with Crippen LogP contribution in [0.3, 0.4) is 0 Å². The molecule has 2 unspecified atom stereocenters. The fraction of sp³-hybridized carbons (Fsp3) is 0.714. The summed E-state index contributed by atoms with van der Waals surface area (Å²) in [6.07, 6.45) is 4.56. The molecule has 0 bridgehead atoms. The Morgan fingerprint density at radius 1 is 1.52 bits per heavy atom. The molecule has 21 heavy (non-hydrogen) atoms. The van der Waals surface area contributed by atoms with Crippen molar-refractivity contribution < 1.29 is 8.42 Å². The molecule has 1 aromatic heterocycles. The molecule has 7 heteroatoms. The molecular weight excluding hydrogens is 306 g/mol. The third-order valence-corrected chi connectivity index (χ3v) is 6.58. The van der Waals surface area contributed by atoms with Crippen molar-refractivity contribution in [1.82, 2.24) is 9.03 Å². The molecule has 1 fully saturated rings. The lowest BCUT2D eigenvalue weighted by Crippen LogP contribution is -2.52. The van der Waals surface area contributed by atoms with Crippen molar-refractivity contribution in [1.29, 1.82) is 0 Å². The average Bonchev–Trinajstić information content (AvgIpc) is 3.01. The monoisotopic (exact) mass is 331 g/mol. The van der Waals surface area contributed by atoms with Crippen LogP contribution in [0.5, 0.6) is 0 Å². The van der Waals surface area contributed by atoms with Gasteiger partial charge in [0.05, 0.1) is 6.04 Å². The zero-order chi connectivity index (χ0) is 15.3. The average molecular weight is 332 g/mol. The molecule has 0 saturated carbocycles. The van der Waals surface area contributed by atoms with Crippen molar-refractivity contribution in [2.75, 3.05) is 13.1 Å². The van der Waals surface area contributed by atoms with Crippen LogP contribution in [-0.4, -0.2) is 31.9 Å². The molecule has 3 N–H and O–H groups in total. The number of rotatable bonds is 7. The predicted octanol–water partition coefficient (Wildman–Crippen LogP) is 2.24. The van der Waals surface area contributed by atoms with E-state index in [1.165, 1.54) is 0 Å². The maximum atomic E-state index is 12.7. The van der Waals surface area contributed by atoms with Crippen LogP contribution in [0.15, 0.2) is 17.5 Å². The van der Waals surface area contributed by atoms with Gasteiger partial charge in [0.2, 0.25) is 0 Å². The van der Waals surface area contributed by atoms with E-state index in [0.29, 0.717) is 13.1 Å². The predicted molar refractivity (Wildman–Crippen MR) is 87.4 cm³/mol. The van der Waals surface area contributed by atoms with Crippen LogP contribution in [0.4, 0.5) is 0 Å². The van der Waals surface area contributed by atoms with Gasteiger partial charge in [0.1, 0.15) is 0 Å². The zero-order valence-corrected chi connectivity index (χ0v) is 14.1. The van der Waals surface area contributed by atoms with Gasteiger partial charge in [-0.15, -0.1) is 11.3 Å². The molecule has 2 heterocycles. The summed E-state index contributed by atoms with van der Waals surface area (Å²) >= 11 is 1.59. The summed E-state index contributed by atoms with van der Waals surface area (Å²) in [5.41, 5.74) is 5.74. The van der Waals surface area contributed by atoms with Gasteiger partial charge in [-0.05, 0) is 30.7 Å². The van der Waals surface area contributed by atoms with Gasteiger partial charge in [-0.25, -0.2) is 0 Å². The fourth-order valence-corrected chi connectivity index (χ4v) is 5.39. The highest BCUT2D eigenvalue weighted by atomic mass is 32.2. The van der Waals surface area contributed by atoms with Crippen LogP contribution in [0.25, 0.3) is 0 Å². The zero-order valence-electron chi connectivity index (χ0n) is 12.5. The van der Waals surface area contributed by atoms with E-state index in [9.17, 15) is 8.42 Å². The van der Waals surface area contributed by atoms with Crippen LogP contribution < -0.4 is 10.5 Å². The van der Waals surface area contributed by atoms with Gasteiger partial charge in [-0.3, -0.25) is 0 Å². The van der Waals surface area contributed by atoms with Crippen LogP contribution in [-0.2, 0) is 10.2 Å². The maximum absolute atomic E-state index is 12.7. The number of hydrogen-bond acceptors (Lipinski definition) is 4. The Kier molecular flexibility index (Phi) is 6.19. The minimum Gasteiger partial charge on any atom is -0.329 e. The highest BCUT2D eigenvalue weighted by Gasteiger charge is 2.33. The summed E-state index contributed by atoms with van der Waals surface area (Å²) < 4.78 is 29.8. The van der Waals surface area contributed by atoms with E-state index in [0.717, 1.165) is 37.0 Å². The van der Waals surface area contributed by atoms with E-state index in [2.05, 4.69) is 11.6 Å². The smallest absolute Gasteiger partial charge is 0.280 e. The van der Waals surface area contributed by atoms with Crippen LogP contribution in [0.1, 0.15) is 49.9 Å². The van der Waals surface area contributed by atoms with Gasteiger partial charge in [-0.1, -0.05) is 25.8 Å². The molecule has 0 spiro atoms. The van der Waals surface area contributed by atoms with E-state index in [1.54, 1.807) is 15.6 Å². The van der Waals surface area contributed by atoms with E-state index in [1.807, 2.05) is 17.5 Å². The lowest BCUT2D eigenvalue weighted by Gasteiger charge is -2.35. The molecule has 120 valence electrons. The molecule has 1 aromatic rings. The summed E-state index contributed by atoms with van der Waals surface area (Å²) in [5, 5.41) is 1.98. The van der Waals surface area contributed by atoms with Crippen LogP contribution in [0, 0.1) is 0 Å². The Morgan fingerprint density at radius 2 is 2.33 bits per heavy atom. The number of nitrogens with one attached hydrogen (secondary N) is 1. The molecule has 0 amide bonds. The second kappa shape index (κ2) is 7.69. The van der Waals surface area contributed by atoms with Crippen molar-refractivity contribution >= 4 is 21.5 Å². The Hall–Kier alpha value is -0.470. The van der Waals surface area contributed by atoms with Crippen molar-refractivity contribution in [2.24, 2.45) is 5.73 Å². The van der Waals surface area contributed by atoms with Gasteiger partial charge in [0.15, 0.2) is 0 Å². The third kappa shape index (κ3) is 4.26. The summed E-state index contributed by atoms with van der Waals surface area (Å²) in [6, 6.07) is 3.74. The molecule has 0 radical (unpaired) electrons. The van der Waals surface area contributed by atoms with Crippen LogP contribution >= 0.6 is 11.3 Å². The summed E-state index contributed by atoms with van der Waals surface area (Å²) in [5.74, 6) is 0. The van der Waals surface area contributed by atoms with Gasteiger partial charge in [0, 0.05) is 24.0 Å². The third-order valence-electron chi connectivity index (χ3n) is 3.91.